The van der Waals surface area contributed by atoms with E-state index < -0.39 is 59.9 Å². The molecule has 1 aliphatic rings. The predicted octanol–water partition coefficient (Wildman–Crippen LogP) is 1.37. The summed E-state index contributed by atoms with van der Waals surface area (Å²) in [6.07, 6.45) is -3.03. The van der Waals surface area contributed by atoms with E-state index in [1.165, 1.54) is 13.0 Å². The summed E-state index contributed by atoms with van der Waals surface area (Å²) in [5.74, 6) is 4.80. The number of hydrogen-bond donors (Lipinski definition) is 7. The molecule has 1 saturated heterocycles. The molecule has 0 saturated carbocycles. The van der Waals surface area contributed by atoms with Crippen LogP contribution in [0.15, 0.2) is 41.2 Å². The molecule has 0 spiro atoms. The normalized spacial score (nSPS) is 22.9. The summed E-state index contributed by atoms with van der Waals surface area (Å²) in [6, 6.07) is 9.60. The van der Waals surface area contributed by atoms with Crippen molar-refractivity contribution in [1.82, 2.24) is 4.98 Å². The van der Waals surface area contributed by atoms with Gasteiger partial charge >= 0.3 is 23.5 Å². The zero-order valence-electron chi connectivity index (χ0n) is 19.4. The molecule has 2 unspecified atom stereocenters. The Labute approximate surface area is 214 Å². The zero-order valence-corrected chi connectivity index (χ0v) is 22.1. The summed E-state index contributed by atoms with van der Waals surface area (Å²) in [6.45, 7) is 0.708. The van der Waals surface area contributed by atoms with Gasteiger partial charge in [0.2, 0.25) is 0 Å². The third-order valence-electron chi connectivity index (χ3n) is 5.07. The van der Waals surface area contributed by atoms with E-state index in [4.69, 9.17) is 25.3 Å². The lowest BCUT2D eigenvalue weighted by Crippen LogP contribution is -2.31. The Hall–Kier alpha value is -2.07. The molecule has 0 radical (unpaired) electrons. The summed E-state index contributed by atoms with van der Waals surface area (Å²) >= 11 is 0. The van der Waals surface area contributed by atoms with Crippen molar-refractivity contribution in [1.29, 1.82) is 0 Å². The number of aryl methyl sites for hydroxylation is 1. The van der Waals surface area contributed by atoms with Gasteiger partial charge in [-0.05, 0) is 25.1 Å². The fourth-order valence-electron chi connectivity index (χ4n) is 3.47. The van der Waals surface area contributed by atoms with Gasteiger partial charge < -0.3 is 34.6 Å². The van der Waals surface area contributed by atoms with Crippen molar-refractivity contribution in [2.75, 3.05) is 11.9 Å². The molecule has 2 aromatic rings. The van der Waals surface area contributed by atoms with Crippen LogP contribution in [0.4, 0.5) is 5.82 Å². The first-order valence-electron chi connectivity index (χ1n) is 10.5. The Morgan fingerprint density at radius 2 is 1.79 bits per heavy atom. The molecule has 210 valence electrons. The Bertz CT molecular complexity index is 1360. The summed E-state index contributed by atoms with van der Waals surface area (Å²) in [5.41, 5.74) is 0.424. The first kappa shape index (κ1) is 30.5. The maximum absolute atomic E-state index is 12.7. The molecule has 1 amide bonds. The van der Waals surface area contributed by atoms with E-state index in [1.54, 1.807) is 30.3 Å². The average molecular weight is 599 g/mol. The number of aromatic amines is 1. The Kier molecular flexibility index (Phi) is 9.61. The van der Waals surface area contributed by atoms with Crippen molar-refractivity contribution in [3.8, 4) is 0 Å². The van der Waals surface area contributed by atoms with Crippen LogP contribution >= 0.6 is 23.5 Å². The second-order valence-electron chi connectivity index (χ2n) is 7.89. The third kappa shape index (κ3) is 8.46. The monoisotopic (exact) mass is 599 g/mol. The fourth-order valence-corrected chi connectivity index (χ4v) is 6.50. The first-order valence-corrected chi connectivity index (χ1v) is 15.0. The number of benzene rings is 1. The molecule has 3 rings (SSSR count). The third-order valence-corrected chi connectivity index (χ3v) is 8.87. The van der Waals surface area contributed by atoms with Gasteiger partial charge in [0.1, 0.15) is 18.0 Å². The Morgan fingerprint density at radius 1 is 1.13 bits per heavy atom. The quantitative estimate of drug-likeness (QED) is 0.142. The molecule has 8 N–H and O–H groups in total. The second kappa shape index (κ2) is 12.0. The number of H-pyrrole nitrogens is 1. The van der Waals surface area contributed by atoms with Crippen LogP contribution in [0.5, 0.6) is 0 Å². The number of amides is 1. The Balaban J connectivity index is 1.76. The number of carbonyl (C=O) groups excluding carboxylic acids is 1. The molecule has 2 heterocycles. The smallest absolute Gasteiger partial charge is 0.365 e. The van der Waals surface area contributed by atoms with Gasteiger partial charge in [-0.2, -0.15) is 8.62 Å². The van der Waals surface area contributed by atoms with Crippen LogP contribution in [0.1, 0.15) is 34.0 Å². The first-order chi connectivity index (χ1) is 17.6. The lowest BCUT2D eigenvalue weighted by molar-refractivity contribution is -0.0474. The number of anilines is 1. The molecule has 1 fully saturated rings. The number of aromatic nitrogens is 1. The van der Waals surface area contributed by atoms with Gasteiger partial charge in [0.25, 0.3) is 11.5 Å². The van der Waals surface area contributed by atoms with Crippen molar-refractivity contribution >= 4 is 35.2 Å². The van der Waals surface area contributed by atoms with Crippen LogP contribution in [-0.2, 0) is 36.4 Å². The molecule has 1 aromatic heterocycles. The highest BCUT2D eigenvalue weighted by atomic mass is 31.3. The number of ether oxygens (including phenoxy) is 1. The van der Waals surface area contributed by atoms with Crippen molar-refractivity contribution < 1.29 is 60.8 Å². The van der Waals surface area contributed by atoms with Crippen LogP contribution in [0, 0.1) is 6.92 Å². The van der Waals surface area contributed by atoms with Crippen LogP contribution in [-0.4, -0.2) is 49.3 Å². The van der Waals surface area contributed by atoms with E-state index in [1.807, 2.05) is 0 Å². The molecular weight excluding hydrogens is 575 g/mol. The van der Waals surface area contributed by atoms with E-state index in [9.17, 15) is 33.1 Å². The molecule has 20 heteroatoms. The highest BCUT2D eigenvalue weighted by Crippen LogP contribution is 2.66. The molecular formula is C18H24N3O14P3. The van der Waals surface area contributed by atoms with Crippen LogP contribution in [0.25, 0.3) is 0 Å². The standard InChI is InChI=1S/C18H24N3O14P3/c1-10-7-12(16(20-17(10)22)21-18(23)11-5-3-2-4-6-11)13-8-14(33-19)15(32-13)9-31-37(27,28)35-38(29,30)34-36(24,25)26/h2-7,13-15H,8-9,19H2,1H3,(H,27,28)(H,29,30)(H2,24,25,26)(H2,20,21,22,23)/t13-,14-,15-/m1/s1. The van der Waals surface area contributed by atoms with Crippen LogP contribution in [0.3, 0.4) is 0 Å². The topological polar surface area (TPSA) is 266 Å². The summed E-state index contributed by atoms with van der Waals surface area (Å²) in [7, 11) is -16.7. The highest BCUT2D eigenvalue weighted by molar-refractivity contribution is 7.66. The van der Waals surface area contributed by atoms with Crippen molar-refractivity contribution in [3.05, 3.63) is 63.4 Å². The number of nitrogens with one attached hydrogen (secondary N) is 2. The van der Waals surface area contributed by atoms with Crippen molar-refractivity contribution in [2.45, 2.75) is 31.7 Å². The minimum absolute atomic E-state index is 0.0145. The zero-order chi connectivity index (χ0) is 28.3. The fraction of sp³-hybridized carbons (Fsp3) is 0.333. The average Bonchev–Trinajstić information content (AvgIpc) is 3.21. The van der Waals surface area contributed by atoms with Gasteiger partial charge in [-0.25, -0.2) is 19.6 Å². The molecule has 0 aliphatic carbocycles. The predicted molar refractivity (Wildman–Crippen MR) is 127 cm³/mol. The van der Waals surface area contributed by atoms with E-state index >= 15 is 0 Å². The molecule has 17 nitrogen and oxygen atoms in total. The number of nitrogens with two attached hydrogens (primary N) is 1. The molecule has 1 aromatic carbocycles. The van der Waals surface area contributed by atoms with E-state index in [2.05, 4.69) is 23.4 Å². The lowest BCUT2D eigenvalue weighted by Gasteiger charge is -2.20. The highest BCUT2D eigenvalue weighted by Gasteiger charge is 2.43. The maximum atomic E-state index is 12.7. The second-order valence-corrected chi connectivity index (χ2v) is 12.3. The van der Waals surface area contributed by atoms with Crippen LogP contribution in [0.2, 0.25) is 0 Å². The van der Waals surface area contributed by atoms with Crippen molar-refractivity contribution in [2.24, 2.45) is 5.90 Å². The number of rotatable bonds is 11. The summed E-state index contributed by atoms with van der Waals surface area (Å²) in [5, 5.41) is 2.60. The SMILES string of the molecule is Cc1cc([C@H]2C[C@@H](ON)[C@@H](COP(=O)(O)OP(=O)(O)OP(=O)(O)O)O2)c(NC(=O)c2ccccc2)[nH]c1=O. The number of hydrogen-bond acceptors (Lipinski definition) is 11. The van der Waals surface area contributed by atoms with E-state index in [0.717, 1.165) is 0 Å². The van der Waals surface area contributed by atoms with Gasteiger partial charge in [-0.3, -0.25) is 19.0 Å². The maximum Gasteiger partial charge on any atom is 0.490 e. The number of phosphoric ester groups is 1. The molecule has 1 aliphatic heterocycles. The van der Waals surface area contributed by atoms with Gasteiger partial charge in [0, 0.05) is 23.1 Å². The lowest BCUT2D eigenvalue weighted by atomic mass is 10.0. The van der Waals surface area contributed by atoms with Crippen LogP contribution < -0.4 is 16.8 Å². The van der Waals surface area contributed by atoms with E-state index in [0.29, 0.717) is 11.1 Å². The van der Waals surface area contributed by atoms with Gasteiger partial charge in [-0.15, -0.1) is 0 Å². The molecule has 5 atom stereocenters. The van der Waals surface area contributed by atoms with E-state index in [-0.39, 0.29) is 17.8 Å². The minimum Gasteiger partial charge on any atom is -0.365 e. The number of carbonyl (C=O) groups is 1. The number of pyridine rings is 1. The summed E-state index contributed by atoms with van der Waals surface area (Å²) in [4.78, 5) is 68.5. The largest absolute Gasteiger partial charge is 0.490 e. The van der Waals surface area contributed by atoms with Gasteiger partial charge in [0.05, 0.1) is 12.7 Å². The molecule has 0 bridgehead atoms. The summed E-state index contributed by atoms with van der Waals surface area (Å²) < 4.78 is 52.0. The minimum atomic E-state index is -5.71. The Morgan fingerprint density at radius 3 is 2.39 bits per heavy atom. The molecule has 38 heavy (non-hydrogen) atoms. The van der Waals surface area contributed by atoms with Crippen molar-refractivity contribution in [3.63, 3.8) is 0 Å². The van der Waals surface area contributed by atoms with Gasteiger partial charge in [0.15, 0.2) is 0 Å². The number of phosphoric acid groups is 3. The van der Waals surface area contributed by atoms with Gasteiger partial charge in [-0.1, -0.05) is 18.2 Å².